The second-order valence-corrected chi connectivity index (χ2v) is 7.59. The molecule has 130 valence electrons. The van der Waals surface area contributed by atoms with E-state index in [0.717, 1.165) is 22.1 Å². The van der Waals surface area contributed by atoms with Crippen LogP contribution in [-0.2, 0) is 0 Å². The molecule has 1 N–H and O–H groups in total. The number of nitrogens with one attached hydrogen (secondary N) is 1. The molecule has 0 aliphatic carbocycles. The highest BCUT2D eigenvalue weighted by Crippen LogP contribution is 2.26. The highest BCUT2D eigenvalue weighted by molar-refractivity contribution is 7.15. The van der Waals surface area contributed by atoms with Crippen molar-refractivity contribution in [3.63, 3.8) is 0 Å². The number of amides is 1. The Balaban J connectivity index is 1.91. The highest BCUT2D eigenvalue weighted by atomic mass is 35.5. The van der Waals surface area contributed by atoms with Crippen molar-refractivity contribution in [2.45, 2.75) is 33.6 Å². The minimum Gasteiger partial charge on any atom is -0.318 e. The largest absolute Gasteiger partial charge is 0.318 e. The van der Waals surface area contributed by atoms with Gasteiger partial charge in [-0.2, -0.15) is 0 Å². The van der Waals surface area contributed by atoms with Crippen LogP contribution in [0.1, 0.15) is 46.5 Å². The van der Waals surface area contributed by atoms with Gasteiger partial charge in [-0.25, -0.2) is 0 Å². The van der Waals surface area contributed by atoms with Gasteiger partial charge in [0.15, 0.2) is 0 Å². The maximum absolute atomic E-state index is 12.6. The fraction of sp³-hybridized carbons (Fsp3) is 0.278. The lowest BCUT2D eigenvalue weighted by molar-refractivity contribution is 0.102. The van der Waals surface area contributed by atoms with Crippen molar-refractivity contribution in [2.24, 2.45) is 0 Å². The molecule has 0 radical (unpaired) electrons. The maximum Gasteiger partial charge on any atom is 0.259 e. The average molecular weight is 375 g/mol. The molecule has 0 fully saturated rings. The third-order valence-corrected chi connectivity index (χ3v) is 5.35. The molecular formula is C18H19ClN4OS. The fourth-order valence-corrected chi connectivity index (χ4v) is 3.53. The molecule has 0 saturated carbocycles. The van der Waals surface area contributed by atoms with E-state index in [2.05, 4.69) is 20.1 Å². The van der Waals surface area contributed by atoms with Gasteiger partial charge in [-0.15, -0.1) is 10.2 Å². The zero-order chi connectivity index (χ0) is 18.1. The summed E-state index contributed by atoms with van der Waals surface area (Å²) in [6.07, 6.45) is 0. The summed E-state index contributed by atoms with van der Waals surface area (Å²) >= 11 is 7.63. The Morgan fingerprint density at radius 2 is 1.84 bits per heavy atom. The monoisotopic (exact) mass is 374 g/mol. The molecule has 2 aromatic heterocycles. The van der Waals surface area contributed by atoms with Gasteiger partial charge in [-0.05, 0) is 44.2 Å². The standard InChI is InChI=1S/C18H19ClN4OS/c1-10(2)17-21-22-18(25-17)20-16(24)14-9-13(7-8-15(14)19)23-11(3)5-6-12(23)4/h5-10H,1-4H3,(H,20,22,24). The van der Waals surface area contributed by atoms with Crippen LogP contribution in [0.15, 0.2) is 30.3 Å². The molecule has 3 rings (SSSR count). The lowest BCUT2D eigenvalue weighted by Crippen LogP contribution is -2.13. The lowest BCUT2D eigenvalue weighted by Gasteiger charge is -2.12. The zero-order valence-electron chi connectivity index (χ0n) is 14.5. The Hall–Kier alpha value is -2.18. The van der Waals surface area contributed by atoms with Gasteiger partial charge in [0.05, 0.1) is 10.6 Å². The van der Waals surface area contributed by atoms with Gasteiger partial charge in [0.2, 0.25) is 5.13 Å². The number of benzene rings is 1. The number of aryl methyl sites for hydroxylation is 2. The van der Waals surface area contributed by atoms with E-state index in [4.69, 9.17) is 11.6 Å². The summed E-state index contributed by atoms with van der Waals surface area (Å²) in [4.78, 5) is 12.6. The molecule has 1 amide bonds. The lowest BCUT2D eigenvalue weighted by atomic mass is 10.1. The molecule has 0 aliphatic rings. The van der Waals surface area contributed by atoms with E-state index in [1.807, 2.05) is 45.9 Å². The van der Waals surface area contributed by atoms with Crippen LogP contribution in [0.3, 0.4) is 0 Å². The van der Waals surface area contributed by atoms with Crippen LogP contribution in [0.25, 0.3) is 5.69 Å². The van der Waals surface area contributed by atoms with Gasteiger partial charge >= 0.3 is 0 Å². The van der Waals surface area contributed by atoms with E-state index >= 15 is 0 Å². The number of carbonyl (C=O) groups excluding carboxylic acids is 1. The van der Waals surface area contributed by atoms with E-state index in [9.17, 15) is 4.79 Å². The first kappa shape index (κ1) is 17.6. The predicted molar refractivity (Wildman–Crippen MR) is 102 cm³/mol. The molecule has 1 aromatic carbocycles. The first-order valence-electron chi connectivity index (χ1n) is 7.96. The Bertz CT molecular complexity index is 910. The van der Waals surface area contributed by atoms with Gasteiger partial charge in [0.1, 0.15) is 5.01 Å². The second-order valence-electron chi connectivity index (χ2n) is 6.17. The van der Waals surface area contributed by atoms with Crippen molar-refractivity contribution >= 4 is 34.0 Å². The number of anilines is 1. The van der Waals surface area contributed by atoms with Crippen LogP contribution in [0.4, 0.5) is 5.13 Å². The molecule has 3 aromatic rings. The Morgan fingerprint density at radius 1 is 1.16 bits per heavy atom. The second kappa shape index (κ2) is 6.98. The summed E-state index contributed by atoms with van der Waals surface area (Å²) in [6.45, 7) is 8.12. The quantitative estimate of drug-likeness (QED) is 0.700. The number of rotatable bonds is 4. The first-order valence-corrected chi connectivity index (χ1v) is 9.16. The van der Waals surface area contributed by atoms with Crippen LogP contribution < -0.4 is 5.32 Å². The summed E-state index contributed by atoms with van der Waals surface area (Å²) < 4.78 is 2.08. The molecule has 0 atom stereocenters. The van der Waals surface area contributed by atoms with E-state index in [1.165, 1.54) is 11.3 Å². The molecule has 0 aliphatic heterocycles. The highest BCUT2D eigenvalue weighted by Gasteiger charge is 2.16. The normalized spacial score (nSPS) is 11.1. The number of hydrogen-bond donors (Lipinski definition) is 1. The fourth-order valence-electron chi connectivity index (χ4n) is 2.58. The SMILES string of the molecule is Cc1ccc(C)n1-c1ccc(Cl)c(C(=O)Nc2nnc(C(C)C)s2)c1. The molecule has 2 heterocycles. The summed E-state index contributed by atoms with van der Waals surface area (Å²) in [7, 11) is 0. The van der Waals surface area contributed by atoms with Gasteiger partial charge < -0.3 is 4.57 Å². The minimum absolute atomic E-state index is 0.273. The zero-order valence-corrected chi connectivity index (χ0v) is 16.1. The molecule has 0 bridgehead atoms. The van der Waals surface area contributed by atoms with Gasteiger partial charge in [-0.3, -0.25) is 10.1 Å². The summed E-state index contributed by atoms with van der Waals surface area (Å²) in [5.41, 5.74) is 3.50. The van der Waals surface area contributed by atoms with Crippen molar-refractivity contribution in [3.05, 3.63) is 57.3 Å². The topological polar surface area (TPSA) is 59.8 Å². The molecule has 25 heavy (non-hydrogen) atoms. The number of carbonyl (C=O) groups is 1. The summed E-state index contributed by atoms with van der Waals surface area (Å²) in [5.74, 6) is -0.0180. The molecule has 5 nitrogen and oxygen atoms in total. The molecular weight excluding hydrogens is 356 g/mol. The number of aromatic nitrogens is 3. The van der Waals surface area contributed by atoms with Gasteiger partial charge in [0.25, 0.3) is 5.91 Å². The van der Waals surface area contributed by atoms with Crippen molar-refractivity contribution in [3.8, 4) is 5.69 Å². The Labute approximate surface area is 155 Å². The minimum atomic E-state index is -0.291. The number of hydrogen-bond acceptors (Lipinski definition) is 4. The van der Waals surface area contributed by atoms with E-state index in [-0.39, 0.29) is 11.8 Å². The third kappa shape index (κ3) is 3.60. The van der Waals surface area contributed by atoms with Crippen LogP contribution in [0, 0.1) is 13.8 Å². The van der Waals surface area contributed by atoms with Gasteiger partial charge in [0, 0.05) is 23.0 Å². The number of halogens is 1. The van der Waals surface area contributed by atoms with E-state index < -0.39 is 0 Å². The molecule has 0 saturated heterocycles. The van der Waals surface area contributed by atoms with Crippen molar-refractivity contribution < 1.29 is 4.79 Å². The van der Waals surface area contributed by atoms with Crippen LogP contribution >= 0.6 is 22.9 Å². The molecule has 7 heteroatoms. The van der Waals surface area contributed by atoms with Gasteiger partial charge in [-0.1, -0.05) is 36.8 Å². The van der Waals surface area contributed by atoms with Crippen molar-refractivity contribution in [1.82, 2.24) is 14.8 Å². The Kier molecular flexibility index (Phi) is 4.92. The Morgan fingerprint density at radius 3 is 2.44 bits per heavy atom. The van der Waals surface area contributed by atoms with Crippen molar-refractivity contribution in [1.29, 1.82) is 0 Å². The maximum atomic E-state index is 12.6. The van der Waals surface area contributed by atoms with E-state index in [1.54, 1.807) is 12.1 Å². The van der Waals surface area contributed by atoms with Crippen LogP contribution in [0.5, 0.6) is 0 Å². The summed E-state index contributed by atoms with van der Waals surface area (Å²) in [6, 6.07) is 9.52. The van der Waals surface area contributed by atoms with E-state index in [0.29, 0.717) is 15.7 Å². The van der Waals surface area contributed by atoms with Crippen LogP contribution in [0.2, 0.25) is 5.02 Å². The third-order valence-electron chi connectivity index (χ3n) is 3.88. The first-order chi connectivity index (χ1) is 11.9. The molecule has 0 spiro atoms. The smallest absolute Gasteiger partial charge is 0.259 e. The number of nitrogens with zero attached hydrogens (tertiary/aromatic N) is 3. The summed E-state index contributed by atoms with van der Waals surface area (Å²) in [5, 5.41) is 12.7. The van der Waals surface area contributed by atoms with Crippen molar-refractivity contribution in [2.75, 3.05) is 5.32 Å². The predicted octanol–water partition coefficient (Wildman–Crippen LogP) is 4.97. The average Bonchev–Trinajstić information content (AvgIpc) is 3.15. The van der Waals surface area contributed by atoms with Crippen LogP contribution in [-0.4, -0.2) is 20.7 Å². The molecule has 0 unspecified atom stereocenters.